The number of esters is 1. The zero-order chi connectivity index (χ0) is 30.9. The second-order valence-corrected chi connectivity index (χ2v) is 11.5. The van der Waals surface area contributed by atoms with Crippen molar-refractivity contribution in [2.45, 2.75) is 111 Å². The Morgan fingerprint density at radius 1 is 0.800 bits per heavy atom. The average Bonchev–Trinajstić information content (AvgIpc) is 2.77. The molecule has 0 aliphatic carbocycles. The second-order valence-electron chi connectivity index (χ2n) is 11.5. The Morgan fingerprint density at radius 2 is 1.30 bits per heavy atom. The molecule has 1 rings (SSSR count). The van der Waals surface area contributed by atoms with Crippen molar-refractivity contribution in [1.29, 1.82) is 0 Å². The minimum Gasteiger partial charge on any atom is -0.468 e. The Hall–Kier alpha value is -3.54. The van der Waals surface area contributed by atoms with Gasteiger partial charge in [-0.05, 0) is 79.5 Å². The van der Waals surface area contributed by atoms with Crippen LogP contribution in [-0.2, 0) is 34.9 Å². The fraction of sp³-hybridized carbons (Fsp3) is 0.643. The molecule has 0 aromatic heterocycles. The maximum atomic E-state index is 12.7. The summed E-state index contributed by atoms with van der Waals surface area (Å²) in [5.74, 6) is -1.07. The lowest BCUT2D eigenvalue weighted by atomic mass is 9.86. The van der Waals surface area contributed by atoms with Crippen molar-refractivity contribution in [2.24, 2.45) is 5.73 Å². The standard InChI is InChI=1S/C28H43NO11/c1-11-17(2)35-23(31)36-18(3)15-28(29,22(30)34-10)16-19-12-13-20(37-24(32)39-26(4,5)6)21(14-19)38-25(33)40-27(7,8)9/h12-14,17-18H,11,15-16,29H2,1-10H3/t17-,18-,28?/m0/s1. The van der Waals surface area contributed by atoms with E-state index in [4.69, 9.17) is 38.9 Å². The number of hydrogen-bond donors (Lipinski definition) is 1. The molecule has 2 N–H and O–H groups in total. The van der Waals surface area contributed by atoms with E-state index in [9.17, 15) is 19.2 Å². The predicted octanol–water partition coefficient (Wildman–Crippen LogP) is 5.46. The van der Waals surface area contributed by atoms with Gasteiger partial charge in [-0.15, -0.1) is 0 Å². The third kappa shape index (κ3) is 12.5. The van der Waals surface area contributed by atoms with Crippen LogP contribution in [0, 0.1) is 0 Å². The minimum atomic E-state index is -1.65. The van der Waals surface area contributed by atoms with Gasteiger partial charge in [0.2, 0.25) is 0 Å². The van der Waals surface area contributed by atoms with Crippen LogP contribution < -0.4 is 15.2 Å². The van der Waals surface area contributed by atoms with Crippen LogP contribution in [0.1, 0.15) is 80.7 Å². The lowest BCUT2D eigenvalue weighted by Crippen LogP contribution is -2.53. The highest BCUT2D eigenvalue weighted by atomic mass is 16.8. The fourth-order valence-corrected chi connectivity index (χ4v) is 3.34. The van der Waals surface area contributed by atoms with E-state index in [1.807, 2.05) is 6.92 Å². The van der Waals surface area contributed by atoms with Crippen LogP contribution in [0.5, 0.6) is 11.5 Å². The predicted molar refractivity (Wildman–Crippen MR) is 144 cm³/mol. The molecule has 0 aliphatic heterocycles. The molecule has 0 amide bonds. The van der Waals surface area contributed by atoms with Crippen LogP contribution in [0.25, 0.3) is 0 Å². The van der Waals surface area contributed by atoms with Gasteiger partial charge in [0.05, 0.1) is 7.11 Å². The van der Waals surface area contributed by atoms with E-state index in [0.29, 0.717) is 12.0 Å². The van der Waals surface area contributed by atoms with Gasteiger partial charge in [0, 0.05) is 12.8 Å². The first-order valence-electron chi connectivity index (χ1n) is 13.0. The normalized spacial score (nSPS) is 14.6. The summed E-state index contributed by atoms with van der Waals surface area (Å²) in [5, 5.41) is 0. The van der Waals surface area contributed by atoms with Crippen molar-refractivity contribution >= 4 is 24.4 Å². The van der Waals surface area contributed by atoms with Gasteiger partial charge in [0.15, 0.2) is 11.5 Å². The molecule has 40 heavy (non-hydrogen) atoms. The Bertz CT molecular complexity index is 1040. The number of methoxy groups -OCH3 is 1. The third-order valence-electron chi connectivity index (χ3n) is 5.11. The van der Waals surface area contributed by atoms with E-state index in [-0.39, 0.29) is 30.4 Å². The van der Waals surface area contributed by atoms with Crippen molar-refractivity contribution in [1.82, 2.24) is 0 Å². The van der Waals surface area contributed by atoms with Crippen molar-refractivity contribution in [3.8, 4) is 11.5 Å². The molecule has 1 aromatic rings. The van der Waals surface area contributed by atoms with Crippen LogP contribution in [0.4, 0.5) is 14.4 Å². The molecule has 1 unspecified atom stereocenters. The fourth-order valence-electron chi connectivity index (χ4n) is 3.34. The molecule has 3 atom stereocenters. The summed E-state index contributed by atoms with van der Waals surface area (Å²) in [4.78, 5) is 49.5. The van der Waals surface area contributed by atoms with Crippen molar-refractivity contribution < 1.29 is 52.3 Å². The number of hydrogen-bond acceptors (Lipinski definition) is 12. The summed E-state index contributed by atoms with van der Waals surface area (Å²) in [5.41, 5.74) is 3.54. The van der Waals surface area contributed by atoms with Gasteiger partial charge in [-0.1, -0.05) is 13.0 Å². The molecular weight excluding hydrogens is 526 g/mol. The highest BCUT2D eigenvalue weighted by molar-refractivity contribution is 5.81. The Kier molecular flexibility index (Phi) is 12.2. The van der Waals surface area contributed by atoms with Gasteiger partial charge in [0.25, 0.3) is 0 Å². The summed E-state index contributed by atoms with van der Waals surface area (Å²) in [6.07, 6.45) is -3.74. The van der Waals surface area contributed by atoms with E-state index >= 15 is 0 Å². The van der Waals surface area contributed by atoms with Gasteiger partial charge in [-0.25, -0.2) is 14.4 Å². The van der Waals surface area contributed by atoms with Gasteiger partial charge in [0.1, 0.15) is 28.9 Å². The summed E-state index contributed by atoms with van der Waals surface area (Å²) < 4.78 is 36.3. The molecule has 0 heterocycles. The number of carbonyl (C=O) groups is 4. The highest BCUT2D eigenvalue weighted by Crippen LogP contribution is 2.32. The van der Waals surface area contributed by atoms with E-state index in [2.05, 4.69) is 0 Å². The smallest absolute Gasteiger partial charge is 0.468 e. The monoisotopic (exact) mass is 569 g/mol. The SMILES string of the molecule is CC[C@H](C)OC(=O)O[C@@H](C)CC(N)(Cc1ccc(OC(=O)OC(C)(C)C)c(OC(=O)OC(C)(C)C)c1)C(=O)OC. The van der Waals surface area contributed by atoms with Gasteiger partial charge in [-0.3, -0.25) is 4.79 Å². The molecule has 0 aliphatic rings. The number of carbonyl (C=O) groups excluding carboxylic acids is 4. The summed E-state index contributed by atoms with van der Waals surface area (Å²) >= 11 is 0. The quantitative estimate of drug-likeness (QED) is 0.216. The first-order chi connectivity index (χ1) is 18.3. The molecule has 12 heteroatoms. The maximum absolute atomic E-state index is 12.7. The number of benzene rings is 1. The van der Waals surface area contributed by atoms with Crippen LogP contribution in [0.3, 0.4) is 0 Å². The second kappa shape index (κ2) is 14.2. The highest BCUT2D eigenvalue weighted by Gasteiger charge is 2.38. The molecule has 226 valence electrons. The van der Waals surface area contributed by atoms with Gasteiger partial charge >= 0.3 is 24.4 Å². The van der Waals surface area contributed by atoms with E-state index < -0.39 is 47.3 Å². The number of ether oxygens (including phenoxy) is 7. The van der Waals surface area contributed by atoms with Crippen molar-refractivity contribution in [3.63, 3.8) is 0 Å². The molecule has 0 bridgehead atoms. The minimum absolute atomic E-state index is 0.117. The summed E-state index contributed by atoms with van der Waals surface area (Å²) in [6, 6.07) is 4.26. The third-order valence-corrected chi connectivity index (χ3v) is 5.11. The first-order valence-corrected chi connectivity index (χ1v) is 13.0. The Morgan fingerprint density at radius 3 is 1.77 bits per heavy atom. The topological polar surface area (TPSA) is 159 Å². The van der Waals surface area contributed by atoms with Crippen LogP contribution >= 0.6 is 0 Å². The zero-order valence-corrected chi connectivity index (χ0v) is 25.1. The van der Waals surface area contributed by atoms with Gasteiger partial charge in [-0.2, -0.15) is 0 Å². The summed E-state index contributed by atoms with van der Waals surface area (Å²) in [6.45, 7) is 15.1. The van der Waals surface area contributed by atoms with Crippen LogP contribution in [0.15, 0.2) is 18.2 Å². The van der Waals surface area contributed by atoms with Gasteiger partial charge < -0.3 is 38.9 Å². The molecule has 12 nitrogen and oxygen atoms in total. The molecule has 0 radical (unpaired) electrons. The van der Waals surface area contributed by atoms with E-state index in [1.165, 1.54) is 25.3 Å². The zero-order valence-electron chi connectivity index (χ0n) is 25.1. The molecular formula is C28H43NO11. The lowest BCUT2D eigenvalue weighted by Gasteiger charge is -2.29. The summed E-state index contributed by atoms with van der Waals surface area (Å²) in [7, 11) is 1.18. The number of nitrogens with two attached hydrogens (primary N) is 1. The Balaban J connectivity index is 3.28. The first kappa shape index (κ1) is 34.5. The van der Waals surface area contributed by atoms with Crippen LogP contribution in [-0.4, -0.2) is 60.5 Å². The molecule has 0 spiro atoms. The van der Waals surface area contributed by atoms with Crippen molar-refractivity contribution in [2.75, 3.05) is 7.11 Å². The molecule has 0 saturated heterocycles. The van der Waals surface area contributed by atoms with E-state index in [0.717, 1.165) is 0 Å². The number of rotatable bonds is 10. The lowest BCUT2D eigenvalue weighted by molar-refractivity contribution is -0.148. The maximum Gasteiger partial charge on any atom is 0.514 e. The molecule has 1 aromatic carbocycles. The van der Waals surface area contributed by atoms with Crippen molar-refractivity contribution in [3.05, 3.63) is 23.8 Å². The van der Waals surface area contributed by atoms with Crippen LogP contribution in [0.2, 0.25) is 0 Å². The van der Waals surface area contributed by atoms with E-state index in [1.54, 1.807) is 55.4 Å². The average molecular weight is 570 g/mol. The Labute approximate surface area is 235 Å². The largest absolute Gasteiger partial charge is 0.514 e. The molecule has 0 fully saturated rings. The molecule has 0 saturated carbocycles.